The van der Waals surface area contributed by atoms with E-state index >= 15 is 0 Å². The topological polar surface area (TPSA) is 63.1 Å². The van der Waals surface area contributed by atoms with Gasteiger partial charge in [-0.15, -0.1) is 11.3 Å². The van der Waals surface area contributed by atoms with Gasteiger partial charge in [-0.3, -0.25) is 14.4 Å². The SMILES string of the molecule is Cc1cnn(C2CN(C(C)C(=O)Nc3nccs3)C2)c1. The number of carbonyl (C=O) groups excluding carboxylic acids is 1. The fraction of sp³-hybridized carbons (Fsp3) is 0.462. The molecule has 0 aromatic carbocycles. The van der Waals surface area contributed by atoms with Gasteiger partial charge in [-0.25, -0.2) is 4.98 Å². The predicted molar refractivity (Wildman–Crippen MR) is 77.8 cm³/mol. The summed E-state index contributed by atoms with van der Waals surface area (Å²) in [6, 6.07) is 0.227. The molecule has 0 saturated carbocycles. The number of hydrogen-bond donors (Lipinski definition) is 1. The Hall–Kier alpha value is -1.73. The molecule has 1 N–H and O–H groups in total. The van der Waals surface area contributed by atoms with Crippen LogP contribution in [0, 0.1) is 6.92 Å². The molecular weight excluding hydrogens is 274 g/mol. The summed E-state index contributed by atoms with van der Waals surface area (Å²) < 4.78 is 1.98. The molecule has 1 atom stereocenters. The summed E-state index contributed by atoms with van der Waals surface area (Å²) in [5.41, 5.74) is 1.16. The second-order valence-electron chi connectivity index (χ2n) is 5.11. The highest BCUT2D eigenvalue weighted by Gasteiger charge is 2.35. The van der Waals surface area contributed by atoms with Gasteiger partial charge < -0.3 is 5.32 Å². The van der Waals surface area contributed by atoms with Gasteiger partial charge in [0, 0.05) is 30.9 Å². The van der Waals surface area contributed by atoms with Gasteiger partial charge in [0.1, 0.15) is 0 Å². The number of thiazole rings is 1. The number of aryl methyl sites for hydroxylation is 1. The number of anilines is 1. The lowest BCUT2D eigenvalue weighted by Gasteiger charge is -2.42. The molecule has 0 radical (unpaired) electrons. The normalized spacial score (nSPS) is 17.7. The van der Waals surface area contributed by atoms with Crippen molar-refractivity contribution in [2.45, 2.75) is 25.9 Å². The highest BCUT2D eigenvalue weighted by atomic mass is 32.1. The second-order valence-corrected chi connectivity index (χ2v) is 6.00. The van der Waals surface area contributed by atoms with Crippen molar-refractivity contribution in [1.82, 2.24) is 19.7 Å². The highest BCUT2D eigenvalue weighted by Crippen LogP contribution is 2.23. The first kappa shape index (κ1) is 13.3. The van der Waals surface area contributed by atoms with Gasteiger partial charge in [-0.1, -0.05) is 0 Å². The molecule has 1 unspecified atom stereocenters. The number of nitrogens with zero attached hydrogens (tertiary/aromatic N) is 4. The molecule has 106 valence electrons. The molecule has 1 fully saturated rings. The third-order valence-electron chi connectivity index (χ3n) is 3.58. The molecule has 20 heavy (non-hydrogen) atoms. The fourth-order valence-electron chi connectivity index (χ4n) is 2.27. The molecule has 2 aromatic rings. The minimum Gasteiger partial charge on any atom is -0.301 e. The number of carbonyl (C=O) groups is 1. The lowest BCUT2D eigenvalue weighted by Crippen LogP contribution is -2.55. The Morgan fingerprint density at radius 3 is 2.95 bits per heavy atom. The van der Waals surface area contributed by atoms with Crippen LogP contribution in [0.4, 0.5) is 5.13 Å². The van der Waals surface area contributed by atoms with Crippen LogP contribution in [0.2, 0.25) is 0 Å². The molecule has 2 aromatic heterocycles. The molecule has 3 rings (SSSR count). The minimum atomic E-state index is -0.146. The zero-order chi connectivity index (χ0) is 14.1. The summed E-state index contributed by atoms with van der Waals surface area (Å²) in [7, 11) is 0. The molecule has 1 aliphatic heterocycles. The second kappa shape index (κ2) is 5.34. The van der Waals surface area contributed by atoms with E-state index in [1.165, 1.54) is 11.3 Å². The zero-order valence-corrected chi connectivity index (χ0v) is 12.3. The average Bonchev–Trinajstić information content (AvgIpc) is 2.99. The van der Waals surface area contributed by atoms with Crippen molar-refractivity contribution >= 4 is 22.4 Å². The van der Waals surface area contributed by atoms with Crippen molar-refractivity contribution in [2.75, 3.05) is 18.4 Å². The Balaban J connectivity index is 1.52. The lowest BCUT2D eigenvalue weighted by molar-refractivity contribution is -0.123. The predicted octanol–water partition coefficient (Wildman–Crippen LogP) is 1.53. The van der Waals surface area contributed by atoms with Crippen LogP contribution in [-0.2, 0) is 4.79 Å². The summed E-state index contributed by atoms with van der Waals surface area (Å²) in [5, 5.41) is 9.65. The van der Waals surface area contributed by atoms with Crippen LogP contribution < -0.4 is 5.32 Å². The van der Waals surface area contributed by atoms with Crippen molar-refractivity contribution in [1.29, 1.82) is 0 Å². The zero-order valence-electron chi connectivity index (χ0n) is 11.5. The maximum Gasteiger partial charge on any atom is 0.243 e. The number of nitrogens with one attached hydrogen (secondary N) is 1. The highest BCUT2D eigenvalue weighted by molar-refractivity contribution is 7.13. The number of aromatic nitrogens is 3. The molecule has 3 heterocycles. The van der Waals surface area contributed by atoms with Crippen molar-refractivity contribution in [3.05, 3.63) is 29.5 Å². The van der Waals surface area contributed by atoms with E-state index in [0.29, 0.717) is 11.2 Å². The first-order valence-corrected chi connectivity index (χ1v) is 7.46. The summed E-state index contributed by atoms with van der Waals surface area (Å²) in [6.45, 7) is 5.67. The number of hydrogen-bond acceptors (Lipinski definition) is 5. The Kier molecular flexibility index (Phi) is 3.54. The van der Waals surface area contributed by atoms with Gasteiger partial charge in [-0.05, 0) is 19.4 Å². The van der Waals surface area contributed by atoms with Gasteiger partial charge in [0.15, 0.2) is 5.13 Å². The molecule has 6 nitrogen and oxygen atoms in total. The van der Waals surface area contributed by atoms with E-state index in [-0.39, 0.29) is 11.9 Å². The molecule has 0 aliphatic carbocycles. The first-order valence-electron chi connectivity index (χ1n) is 6.58. The van der Waals surface area contributed by atoms with E-state index in [1.54, 1.807) is 6.20 Å². The Morgan fingerprint density at radius 2 is 2.35 bits per heavy atom. The van der Waals surface area contributed by atoms with Gasteiger partial charge >= 0.3 is 0 Å². The summed E-state index contributed by atoms with van der Waals surface area (Å²) >= 11 is 1.43. The molecule has 0 bridgehead atoms. The summed E-state index contributed by atoms with van der Waals surface area (Å²) in [4.78, 5) is 18.3. The van der Waals surface area contributed by atoms with Crippen molar-refractivity contribution in [3.63, 3.8) is 0 Å². The van der Waals surface area contributed by atoms with Gasteiger partial charge in [-0.2, -0.15) is 5.10 Å². The third kappa shape index (κ3) is 2.59. The van der Waals surface area contributed by atoms with Crippen LogP contribution in [0.25, 0.3) is 0 Å². The van der Waals surface area contributed by atoms with E-state index in [2.05, 4.69) is 20.3 Å². The standard InChI is InChI=1S/C13H17N5OS/c1-9-5-15-18(6-9)11-7-17(8-11)10(2)12(19)16-13-14-3-4-20-13/h3-6,10-11H,7-8H2,1-2H3,(H,14,16,19). The third-order valence-corrected chi connectivity index (χ3v) is 4.27. The van der Waals surface area contributed by atoms with Crippen LogP contribution >= 0.6 is 11.3 Å². The molecule has 7 heteroatoms. The van der Waals surface area contributed by atoms with Crippen molar-refractivity contribution in [3.8, 4) is 0 Å². The van der Waals surface area contributed by atoms with Crippen LogP contribution in [0.3, 0.4) is 0 Å². The molecule has 0 spiro atoms. The Morgan fingerprint density at radius 1 is 1.55 bits per heavy atom. The van der Waals surface area contributed by atoms with Gasteiger partial charge in [0.05, 0.1) is 18.3 Å². The van der Waals surface area contributed by atoms with Crippen molar-refractivity contribution in [2.24, 2.45) is 0 Å². The molecule has 1 amide bonds. The minimum absolute atomic E-state index is 0.00459. The van der Waals surface area contributed by atoms with Gasteiger partial charge in [0.2, 0.25) is 5.91 Å². The maximum atomic E-state index is 12.1. The van der Waals surface area contributed by atoms with E-state index in [0.717, 1.165) is 18.7 Å². The number of likely N-dealkylation sites (tertiary alicyclic amines) is 1. The van der Waals surface area contributed by atoms with Gasteiger partial charge in [0.25, 0.3) is 0 Å². The van der Waals surface area contributed by atoms with E-state index < -0.39 is 0 Å². The van der Waals surface area contributed by atoms with E-state index in [1.807, 2.05) is 36.3 Å². The van der Waals surface area contributed by atoms with Crippen LogP contribution in [-0.4, -0.2) is 44.7 Å². The van der Waals surface area contributed by atoms with Crippen LogP contribution in [0.5, 0.6) is 0 Å². The van der Waals surface area contributed by atoms with E-state index in [4.69, 9.17) is 0 Å². The molecule has 1 saturated heterocycles. The lowest BCUT2D eigenvalue weighted by atomic mass is 10.1. The fourth-order valence-corrected chi connectivity index (χ4v) is 2.80. The molecule has 1 aliphatic rings. The average molecular weight is 291 g/mol. The maximum absolute atomic E-state index is 12.1. The summed E-state index contributed by atoms with van der Waals surface area (Å²) in [5.74, 6) is -0.00459. The van der Waals surface area contributed by atoms with Crippen LogP contribution in [0.15, 0.2) is 24.0 Å². The van der Waals surface area contributed by atoms with Crippen molar-refractivity contribution < 1.29 is 4.79 Å². The Bertz CT molecular complexity index is 588. The van der Waals surface area contributed by atoms with E-state index in [9.17, 15) is 4.79 Å². The summed E-state index contributed by atoms with van der Waals surface area (Å²) in [6.07, 6.45) is 5.59. The van der Waals surface area contributed by atoms with Crippen LogP contribution in [0.1, 0.15) is 18.5 Å². The number of amides is 1. The first-order chi connectivity index (χ1) is 9.63. The quantitative estimate of drug-likeness (QED) is 0.928. The monoisotopic (exact) mass is 291 g/mol. The smallest absolute Gasteiger partial charge is 0.243 e. The molecular formula is C13H17N5OS. The largest absolute Gasteiger partial charge is 0.301 e. The Labute approximate surface area is 121 Å². The number of rotatable bonds is 4.